The van der Waals surface area contributed by atoms with Gasteiger partial charge >= 0.3 is 0 Å². The van der Waals surface area contributed by atoms with Crippen molar-refractivity contribution in [1.29, 1.82) is 0 Å². The van der Waals surface area contributed by atoms with E-state index in [2.05, 4.69) is 82.4 Å². The monoisotopic (exact) mass is 461 g/mol. The number of hydrogen-bond acceptors (Lipinski definition) is 5. The molecular formula is C26H27N3OS2. The third kappa shape index (κ3) is 6.40. The van der Waals surface area contributed by atoms with Gasteiger partial charge in [0.15, 0.2) is 5.16 Å². The lowest BCUT2D eigenvalue weighted by Gasteiger charge is -2.10. The van der Waals surface area contributed by atoms with Crippen LogP contribution in [0.1, 0.15) is 24.2 Å². The molecule has 0 unspecified atom stereocenters. The standard InChI is InChI=1S/C26H27N3OS2/c1-21-14-16-23(17-15-21)30-18-8-9-19-31-26-28-27-25(20-32-24-12-6-3-7-13-24)29(26)22-10-4-2-5-11-22/h2-7,10-17H,8-9,18-20H2,1H3. The Morgan fingerprint density at radius 2 is 1.50 bits per heavy atom. The predicted octanol–water partition coefficient (Wildman–Crippen LogP) is 6.82. The van der Waals surface area contributed by atoms with E-state index in [0.29, 0.717) is 0 Å². The molecule has 0 fully saturated rings. The molecule has 1 aromatic heterocycles. The minimum atomic E-state index is 0.730. The lowest BCUT2D eigenvalue weighted by Crippen LogP contribution is -2.02. The first-order valence-corrected chi connectivity index (χ1v) is 12.8. The summed E-state index contributed by atoms with van der Waals surface area (Å²) in [6.07, 6.45) is 2.07. The summed E-state index contributed by atoms with van der Waals surface area (Å²) in [6.45, 7) is 2.81. The molecule has 0 saturated heterocycles. The van der Waals surface area contributed by atoms with E-state index in [1.165, 1.54) is 10.5 Å². The van der Waals surface area contributed by atoms with Crippen LogP contribution < -0.4 is 4.74 Å². The summed E-state index contributed by atoms with van der Waals surface area (Å²) >= 11 is 3.54. The summed E-state index contributed by atoms with van der Waals surface area (Å²) in [5.41, 5.74) is 2.35. The smallest absolute Gasteiger partial charge is 0.195 e. The highest BCUT2D eigenvalue weighted by atomic mass is 32.2. The highest BCUT2D eigenvalue weighted by Crippen LogP contribution is 2.27. The molecule has 4 rings (SSSR count). The number of unbranched alkanes of at least 4 members (excludes halogenated alkanes) is 1. The Morgan fingerprint density at radius 3 is 2.25 bits per heavy atom. The first-order chi connectivity index (χ1) is 15.8. The van der Waals surface area contributed by atoms with Gasteiger partial charge in [-0.2, -0.15) is 0 Å². The number of thioether (sulfide) groups is 2. The fourth-order valence-corrected chi connectivity index (χ4v) is 4.98. The van der Waals surface area contributed by atoms with E-state index in [1.54, 1.807) is 23.5 Å². The predicted molar refractivity (Wildman–Crippen MR) is 134 cm³/mol. The summed E-state index contributed by atoms with van der Waals surface area (Å²) in [7, 11) is 0. The maximum absolute atomic E-state index is 5.84. The Kier molecular flexibility index (Phi) is 8.29. The van der Waals surface area contributed by atoms with Crippen molar-refractivity contribution in [3.8, 4) is 11.4 Å². The van der Waals surface area contributed by atoms with Crippen molar-refractivity contribution in [3.63, 3.8) is 0 Å². The molecule has 0 aliphatic heterocycles. The first-order valence-electron chi connectivity index (χ1n) is 10.8. The number of ether oxygens (including phenoxy) is 1. The fraction of sp³-hybridized carbons (Fsp3) is 0.231. The average molecular weight is 462 g/mol. The van der Waals surface area contributed by atoms with E-state index < -0.39 is 0 Å². The van der Waals surface area contributed by atoms with Crippen molar-refractivity contribution in [2.24, 2.45) is 0 Å². The molecule has 6 heteroatoms. The zero-order valence-electron chi connectivity index (χ0n) is 18.2. The highest BCUT2D eigenvalue weighted by Gasteiger charge is 2.14. The molecule has 0 atom stereocenters. The van der Waals surface area contributed by atoms with Crippen molar-refractivity contribution in [3.05, 3.63) is 96.3 Å². The molecule has 0 N–H and O–H groups in total. The normalized spacial score (nSPS) is 10.9. The van der Waals surface area contributed by atoms with Crippen LogP contribution in [0.3, 0.4) is 0 Å². The first kappa shape index (κ1) is 22.5. The minimum absolute atomic E-state index is 0.730. The molecule has 0 radical (unpaired) electrons. The Labute approximate surface area is 198 Å². The van der Waals surface area contributed by atoms with Crippen LogP contribution >= 0.6 is 23.5 Å². The molecular weight excluding hydrogens is 434 g/mol. The summed E-state index contributed by atoms with van der Waals surface area (Å²) in [5.74, 6) is 3.66. The molecule has 3 aromatic carbocycles. The SMILES string of the molecule is Cc1ccc(OCCCCSc2nnc(CSc3ccccc3)n2-c2ccccc2)cc1. The van der Waals surface area contributed by atoms with Crippen molar-refractivity contribution in [2.75, 3.05) is 12.4 Å². The van der Waals surface area contributed by atoms with E-state index in [9.17, 15) is 0 Å². The van der Waals surface area contributed by atoms with E-state index in [0.717, 1.165) is 53.4 Å². The molecule has 4 aromatic rings. The van der Waals surface area contributed by atoms with Gasteiger partial charge in [-0.05, 0) is 56.2 Å². The molecule has 0 aliphatic rings. The summed E-state index contributed by atoms with van der Waals surface area (Å²) in [5, 5.41) is 9.97. The topological polar surface area (TPSA) is 39.9 Å². The van der Waals surface area contributed by atoms with Gasteiger partial charge in [0.1, 0.15) is 11.6 Å². The van der Waals surface area contributed by atoms with Gasteiger partial charge in [0.05, 0.1) is 12.4 Å². The quantitative estimate of drug-likeness (QED) is 0.181. The zero-order valence-corrected chi connectivity index (χ0v) is 19.8. The van der Waals surface area contributed by atoms with Gasteiger partial charge in [-0.25, -0.2) is 0 Å². The van der Waals surface area contributed by atoms with Gasteiger partial charge in [0.25, 0.3) is 0 Å². The number of rotatable bonds is 11. The lowest BCUT2D eigenvalue weighted by atomic mass is 10.2. The van der Waals surface area contributed by atoms with Gasteiger partial charge in [-0.15, -0.1) is 22.0 Å². The van der Waals surface area contributed by atoms with Crippen LogP contribution in [-0.4, -0.2) is 27.1 Å². The maximum Gasteiger partial charge on any atom is 0.195 e. The van der Waals surface area contributed by atoms with E-state index in [1.807, 2.05) is 24.3 Å². The zero-order chi connectivity index (χ0) is 22.0. The largest absolute Gasteiger partial charge is 0.494 e. The maximum atomic E-state index is 5.84. The van der Waals surface area contributed by atoms with Crippen LogP contribution in [0.5, 0.6) is 5.75 Å². The van der Waals surface area contributed by atoms with Crippen LogP contribution in [0, 0.1) is 6.92 Å². The van der Waals surface area contributed by atoms with Crippen LogP contribution in [0.4, 0.5) is 0 Å². The van der Waals surface area contributed by atoms with E-state index in [4.69, 9.17) is 4.74 Å². The Balaban J connectivity index is 1.33. The second-order valence-electron chi connectivity index (χ2n) is 7.39. The average Bonchev–Trinajstić information content (AvgIpc) is 3.25. The third-order valence-electron chi connectivity index (χ3n) is 4.89. The lowest BCUT2D eigenvalue weighted by molar-refractivity contribution is 0.310. The van der Waals surface area contributed by atoms with Crippen molar-refractivity contribution in [1.82, 2.24) is 14.8 Å². The number of nitrogens with zero attached hydrogens (tertiary/aromatic N) is 3. The number of hydrogen-bond donors (Lipinski definition) is 0. The Bertz CT molecular complexity index is 1080. The van der Waals surface area contributed by atoms with Gasteiger partial charge in [-0.1, -0.05) is 65.9 Å². The molecule has 1 heterocycles. The third-order valence-corrected chi connectivity index (χ3v) is 6.91. The molecule has 0 aliphatic carbocycles. The highest BCUT2D eigenvalue weighted by molar-refractivity contribution is 7.99. The van der Waals surface area contributed by atoms with Crippen LogP contribution in [-0.2, 0) is 5.75 Å². The Hall–Kier alpha value is -2.70. The molecule has 32 heavy (non-hydrogen) atoms. The number of aryl methyl sites for hydroxylation is 1. The van der Waals surface area contributed by atoms with E-state index >= 15 is 0 Å². The van der Waals surface area contributed by atoms with Crippen molar-refractivity contribution < 1.29 is 4.74 Å². The summed E-state index contributed by atoms with van der Waals surface area (Å²) in [4.78, 5) is 1.23. The summed E-state index contributed by atoms with van der Waals surface area (Å²) < 4.78 is 8.02. The van der Waals surface area contributed by atoms with Gasteiger partial charge in [0.2, 0.25) is 0 Å². The van der Waals surface area contributed by atoms with Crippen LogP contribution in [0.2, 0.25) is 0 Å². The second kappa shape index (κ2) is 11.8. The molecule has 0 amide bonds. The molecule has 4 nitrogen and oxygen atoms in total. The number of benzene rings is 3. The van der Waals surface area contributed by atoms with Crippen molar-refractivity contribution in [2.45, 2.75) is 35.6 Å². The van der Waals surface area contributed by atoms with Crippen molar-refractivity contribution >= 4 is 23.5 Å². The second-order valence-corrected chi connectivity index (χ2v) is 9.50. The summed E-state index contributed by atoms with van der Waals surface area (Å²) in [6, 6.07) is 29.0. The van der Waals surface area contributed by atoms with Gasteiger partial charge in [-0.3, -0.25) is 4.57 Å². The van der Waals surface area contributed by atoms with Crippen LogP contribution in [0.15, 0.2) is 95.0 Å². The molecule has 0 spiro atoms. The molecule has 0 saturated carbocycles. The van der Waals surface area contributed by atoms with Gasteiger partial charge in [0, 0.05) is 16.3 Å². The molecule has 0 bridgehead atoms. The Morgan fingerprint density at radius 1 is 0.781 bits per heavy atom. The minimum Gasteiger partial charge on any atom is -0.494 e. The fourth-order valence-electron chi connectivity index (χ4n) is 3.18. The van der Waals surface area contributed by atoms with Gasteiger partial charge < -0.3 is 4.74 Å². The van der Waals surface area contributed by atoms with E-state index in [-0.39, 0.29) is 0 Å². The van der Waals surface area contributed by atoms with Crippen LogP contribution in [0.25, 0.3) is 5.69 Å². The number of para-hydroxylation sites is 1. The number of aromatic nitrogens is 3. The molecule has 164 valence electrons.